The molecule has 2 saturated carbocycles. The Hall–Kier alpha value is -1.57. The van der Waals surface area contributed by atoms with Crippen molar-refractivity contribution >= 4 is 16.8 Å². The standard InChI is InChI=1S/C16H16O2/c1-9-4-2-5-10-8-13(18-16(9)10)15(17)14-11-6-3-7-12(11)14/h2,4-5,8,11-12,14H,3,6-7H2,1H3. The van der Waals surface area contributed by atoms with Crippen molar-refractivity contribution in [1.82, 2.24) is 0 Å². The second-order valence-electron chi connectivity index (χ2n) is 5.75. The van der Waals surface area contributed by atoms with Gasteiger partial charge in [0, 0.05) is 11.3 Å². The number of benzene rings is 1. The molecule has 2 aliphatic rings. The Morgan fingerprint density at radius 3 is 2.78 bits per heavy atom. The van der Waals surface area contributed by atoms with Gasteiger partial charge in [0.25, 0.3) is 0 Å². The number of carbonyl (C=O) groups is 1. The van der Waals surface area contributed by atoms with Crippen molar-refractivity contribution in [2.45, 2.75) is 26.2 Å². The van der Waals surface area contributed by atoms with E-state index in [-0.39, 0.29) is 11.7 Å². The highest BCUT2D eigenvalue weighted by atomic mass is 16.3. The zero-order chi connectivity index (χ0) is 12.3. The number of ketones is 1. The molecule has 18 heavy (non-hydrogen) atoms. The van der Waals surface area contributed by atoms with E-state index in [1.807, 2.05) is 31.2 Å². The number of aryl methyl sites for hydroxylation is 1. The molecule has 0 bridgehead atoms. The minimum Gasteiger partial charge on any atom is -0.453 e. The lowest BCUT2D eigenvalue weighted by Gasteiger charge is -1.99. The Labute approximate surface area is 106 Å². The summed E-state index contributed by atoms with van der Waals surface area (Å²) < 4.78 is 5.78. The molecular weight excluding hydrogens is 224 g/mol. The molecule has 0 aliphatic heterocycles. The lowest BCUT2D eigenvalue weighted by molar-refractivity contribution is 0.0926. The van der Waals surface area contributed by atoms with Crippen LogP contribution in [0.3, 0.4) is 0 Å². The van der Waals surface area contributed by atoms with E-state index in [0.717, 1.165) is 16.5 Å². The van der Waals surface area contributed by atoms with Crippen molar-refractivity contribution in [1.29, 1.82) is 0 Å². The molecular formula is C16H16O2. The van der Waals surface area contributed by atoms with Crippen LogP contribution in [-0.2, 0) is 0 Å². The summed E-state index contributed by atoms with van der Waals surface area (Å²) >= 11 is 0. The predicted molar refractivity (Wildman–Crippen MR) is 69.6 cm³/mol. The maximum absolute atomic E-state index is 12.4. The predicted octanol–water partition coefficient (Wildman–Crippen LogP) is 3.97. The third-order valence-corrected chi connectivity index (χ3v) is 4.69. The minimum atomic E-state index is 0.236. The van der Waals surface area contributed by atoms with E-state index in [0.29, 0.717) is 17.6 Å². The highest BCUT2D eigenvalue weighted by molar-refractivity contribution is 6.01. The summed E-state index contributed by atoms with van der Waals surface area (Å²) in [5, 5.41) is 1.05. The molecule has 0 N–H and O–H groups in total. The van der Waals surface area contributed by atoms with Crippen molar-refractivity contribution in [3.05, 3.63) is 35.6 Å². The van der Waals surface area contributed by atoms with Crippen LogP contribution in [-0.4, -0.2) is 5.78 Å². The first-order valence-electron chi connectivity index (χ1n) is 6.79. The number of para-hydroxylation sites is 1. The zero-order valence-electron chi connectivity index (χ0n) is 10.5. The molecule has 2 aromatic rings. The van der Waals surface area contributed by atoms with Gasteiger partial charge in [-0.15, -0.1) is 0 Å². The van der Waals surface area contributed by atoms with Gasteiger partial charge in [-0.3, -0.25) is 4.79 Å². The molecule has 2 fully saturated rings. The van der Waals surface area contributed by atoms with E-state index in [9.17, 15) is 4.79 Å². The maximum atomic E-state index is 12.4. The molecule has 1 heterocycles. The average molecular weight is 240 g/mol. The summed E-state index contributed by atoms with van der Waals surface area (Å²) in [5.41, 5.74) is 1.97. The average Bonchev–Trinajstić information content (AvgIpc) is 2.79. The van der Waals surface area contributed by atoms with Gasteiger partial charge in [-0.1, -0.05) is 24.6 Å². The van der Waals surface area contributed by atoms with Crippen LogP contribution in [0.25, 0.3) is 11.0 Å². The van der Waals surface area contributed by atoms with E-state index in [1.165, 1.54) is 19.3 Å². The second kappa shape index (κ2) is 3.47. The van der Waals surface area contributed by atoms with Gasteiger partial charge in [0.2, 0.25) is 5.78 Å². The lowest BCUT2D eigenvalue weighted by Crippen LogP contribution is -2.04. The highest BCUT2D eigenvalue weighted by Crippen LogP contribution is 2.58. The van der Waals surface area contributed by atoms with Crippen molar-refractivity contribution in [2.75, 3.05) is 0 Å². The number of Topliss-reactive ketones (excluding diaryl/α,β-unsaturated/α-hetero) is 1. The molecule has 2 atom stereocenters. The smallest absolute Gasteiger partial charge is 0.201 e. The van der Waals surface area contributed by atoms with E-state index < -0.39 is 0 Å². The van der Waals surface area contributed by atoms with Crippen LogP contribution in [0.4, 0.5) is 0 Å². The summed E-state index contributed by atoms with van der Waals surface area (Å²) in [5.74, 6) is 2.39. The van der Waals surface area contributed by atoms with Gasteiger partial charge in [0.05, 0.1) is 0 Å². The number of rotatable bonds is 2. The summed E-state index contributed by atoms with van der Waals surface area (Å²) in [7, 11) is 0. The highest BCUT2D eigenvalue weighted by Gasteiger charge is 2.57. The van der Waals surface area contributed by atoms with Crippen molar-refractivity contribution < 1.29 is 9.21 Å². The topological polar surface area (TPSA) is 30.2 Å². The molecule has 2 nitrogen and oxygen atoms in total. The van der Waals surface area contributed by atoms with Crippen molar-refractivity contribution in [2.24, 2.45) is 17.8 Å². The number of furan rings is 1. The fraction of sp³-hybridized carbons (Fsp3) is 0.438. The van der Waals surface area contributed by atoms with Gasteiger partial charge in [0.15, 0.2) is 5.76 Å². The number of fused-ring (bicyclic) bond motifs is 2. The van der Waals surface area contributed by atoms with Crippen LogP contribution in [0.2, 0.25) is 0 Å². The number of hydrogen-bond acceptors (Lipinski definition) is 2. The van der Waals surface area contributed by atoms with E-state index >= 15 is 0 Å². The quantitative estimate of drug-likeness (QED) is 0.743. The Morgan fingerprint density at radius 1 is 1.28 bits per heavy atom. The van der Waals surface area contributed by atoms with Crippen LogP contribution in [0, 0.1) is 24.7 Å². The number of hydrogen-bond donors (Lipinski definition) is 0. The van der Waals surface area contributed by atoms with Gasteiger partial charge in [-0.25, -0.2) is 0 Å². The maximum Gasteiger partial charge on any atom is 0.201 e. The van der Waals surface area contributed by atoms with E-state index in [4.69, 9.17) is 4.42 Å². The summed E-state index contributed by atoms with van der Waals surface area (Å²) in [6, 6.07) is 7.95. The van der Waals surface area contributed by atoms with Gasteiger partial charge >= 0.3 is 0 Å². The largest absolute Gasteiger partial charge is 0.453 e. The Morgan fingerprint density at radius 2 is 2.06 bits per heavy atom. The van der Waals surface area contributed by atoms with E-state index in [2.05, 4.69) is 0 Å². The molecule has 1 aromatic heterocycles. The fourth-order valence-electron chi connectivity index (χ4n) is 3.70. The lowest BCUT2D eigenvalue weighted by atomic mass is 10.1. The van der Waals surface area contributed by atoms with Crippen LogP contribution >= 0.6 is 0 Å². The van der Waals surface area contributed by atoms with Crippen LogP contribution in [0.15, 0.2) is 28.7 Å². The summed E-state index contributed by atoms with van der Waals surface area (Å²) in [4.78, 5) is 12.4. The summed E-state index contributed by atoms with van der Waals surface area (Å²) in [6.45, 7) is 2.02. The van der Waals surface area contributed by atoms with Crippen LogP contribution < -0.4 is 0 Å². The first-order chi connectivity index (χ1) is 8.75. The minimum absolute atomic E-state index is 0.236. The number of carbonyl (C=O) groups excluding carboxylic acids is 1. The molecule has 0 amide bonds. The first kappa shape index (κ1) is 10.4. The van der Waals surface area contributed by atoms with Gasteiger partial charge in [-0.05, 0) is 43.2 Å². The molecule has 2 unspecified atom stereocenters. The SMILES string of the molecule is Cc1cccc2cc(C(=O)C3C4CCCC43)oc12. The molecule has 0 saturated heterocycles. The van der Waals surface area contributed by atoms with Crippen molar-refractivity contribution in [3.63, 3.8) is 0 Å². The molecule has 2 heteroatoms. The fourth-order valence-corrected chi connectivity index (χ4v) is 3.70. The molecule has 0 spiro atoms. The molecule has 92 valence electrons. The van der Waals surface area contributed by atoms with Crippen molar-refractivity contribution in [3.8, 4) is 0 Å². The molecule has 1 aromatic carbocycles. The third-order valence-electron chi connectivity index (χ3n) is 4.69. The van der Waals surface area contributed by atoms with Gasteiger partial charge in [-0.2, -0.15) is 0 Å². The van der Waals surface area contributed by atoms with Crippen LogP contribution in [0.5, 0.6) is 0 Å². The Bertz CT molecular complexity index is 628. The van der Waals surface area contributed by atoms with Gasteiger partial charge < -0.3 is 4.42 Å². The van der Waals surface area contributed by atoms with E-state index in [1.54, 1.807) is 0 Å². The molecule has 4 rings (SSSR count). The Kier molecular flexibility index (Phi) is 2.00. The third kappa shape index (κ3) is 1.32. The second-order valence-corrected chi connectivity index (χ2v) is 5.75. The molecule has 0 radical (unpaired) electrons. The molecule has 2 aliphatic carbocycles. The van der Waals surface area contributed by atoms with Gasteiger partial charge in [0.1, 0.15) is 5.58 Å². The first-order valence-corrected chi connectivity index (χ1v) is 6.79. The zero-order valence-corrected chi connectivity index (χ0v) is 10.5. The monoisotopic (exact) mass is 240 g/mol. The van der Waals surface area contributed by atoms with Crippen LogP contribution in [0.1, 0.15) is 35.4 Å². The Balaban J connectivity index is 1.71. The summed E-state index contributed by atoms with van der Waals surface area (Å²) in [6.07, 6.45) is 3.78. The normalized spacial score (nSPS) is 29.5.